The number of hydrogen-bond acceptors (Lipinski definition) is 1. The maximum absolute atomic E-state index is 9.00. The zero-order valence-electron chi connectivity index (χ0n) is 2.86. The standard InChI is InChI=1S/CH2AsO2.GeH3/c2-1(3)4;/h2H,(H,3,4);1H3. The molecule has 0 aromatic rings. The summed E-state index contributed by atoms with van der Waals surface area (Å²) < 4.78 is -0.833. The second kappa shape index (κ2) is 4.57. The van der Waals surface area contributed by atoms with Gasteiger partial charge in [0, 0.05) is 0 Å². The summed E-state index contributed by atoms with van der Waals surface area (Å²) >= 11 is 1.08. The van der Waals surface area contributed by atoms with E-state index in [9.17, 15) is 0 Å². The fraction of sp³-hybridized carbons (Fsp3) is 0. The summed E-state index contributed by atoms with van der Waals surface area (Å²) in [5, 5.41) is 7.42. The minimum atomic E-state index is -0.833. The Labute approximate surface area is 49.4 Å². The number of carbonyl (C=O) groups is 1. The normalized spacial score (nSPS) is 5.00. The Balaban J connectivity index is 0. The van der Waals surface area contributed by atoms with Crippen molar-refractivity contribution >= 4 is 39.2 Å². The van der Waals surface area contributed by atoms with E-state index < -0.39 is 4.76 Å². The average Bonchev–Trinajstić information content (AvgIpc) is 0.811. The van der Waals surface area contributed by atoms with Crippen LogP contribution < -0.4 is 0 Å². The monoisotopic (exact) mass is 198 g/mol. The van der Waals surface area contributed by atoms with Crippen LogP contribution in [0.3, 0.4) is 0 Å². The average molecular weight is 197 g/mol. The third-order valence-electron chi connectivity index (χ3n) is 0. The molecule has 0 atom stereocenters. The molecule has 0 rings (SSSR count). The molecule has 0 aliphatic carbocycles. The Bertz CT molecular complexity index is 32.6. The molecule has 0 aromatic heterocycles. The number of hydrogen-bond donors (Lipinski definition) is 1. The molecule has 0 saturated heterocycles. The molecular formula is CH5AsGeO2. The van der Waals surface area contributed by atoms with Crippen LogP contribution in [-0.2, 0) is 0 Å². The van der Waals surface area contributed by atoms with Gasteiger partial charge in [0.15, 0.2) is 0 Å². The summed E-state index contributed by atoms with van der Waals surface area (Å²) in [7, 11) is 0. The van der Waals surface area contributed by atoms with Crippen LogP contribution in [0.25, 0.3) is 0 Å². The fourth-order valence-electron chi connectivity index (χ4n) is 0. The van der Waals surface area contributed by atoms with E-state index in [4.69, 9.17) is 9.90 Å². The van der Waals surface area contributed by atoms with Crippen molar-refractivity contribution in [2.75, 3.05) is 0 Å². The Morgan fingerprint density at radius 3 is 1.80 bits per heavy atom. The summed E-state index contributed by atoms with van der Waals surface area (Å²) in [6.07, 6.45) is 0. The molecule has 0 aliphatic rings. The molecule has 0 bridgehead atoms. The maximum atomic E-state index is 9.00. The Hall–Kier alpha value is 0.571. The summed E-state index contributed by atoms with van der Waals surface area (Å²) in [6.45, 7) is 0. The first-order valence-corrected chi connectivity index (χ1v) is 1.73. The molecule has 0 aromatic carbocycles. The second-order valence-electron chi connectivity index (χ2n) is 0.305. The molecular weight excluding hydrogens is 192 g/mol. The minimum absolute atomic E-state index is 0. The van der Waals surface area contributed by atoms with E-state index in [1.165, 1.54) is 0 Å². The predicted molar refractivity (Wildman–Crippen MR) is 25.1 cm³/mol. The van der Waals surface area contributed by atoms with Gasteiger partial charge in [0.25, 0.3) is 0 Å². The van der Waals surface area contributed by atoms with Gasteiger partial charge in [0.1, 0.15) is 0 Å². The van der Waals surface area contributed by atoms with Gasteiger partial charge in [-0.05, 0) is 0 Å². The fourth-order valence-corrected chi connectivity index (χ4v) is 0. The van der Waals surface area contributed by atoms with Crippen molar-refractivity contribution in [2.24, 2.45) is 0 Å². The van der Waals surface area contributed by atoms with E-state index in [-0.39, 0.29) is 17.6 Å². The van der Waals surface area contributed by atoms with Crippen molar-refractivity contribution in [3.05, 3.63) is 0 Å². The molecule has 0 spiro atoms. The van der Waals surface area contributed by atoms with Crippen molar-refractivity contribution in [2.45, 2.75) is 0 Å². The van der Waals surface area contributed by atoms with E-state index in [1.807, 2.05) is 0 Å². The molecule has 0 unspecified atom stereocenters. The van der Waals surface area contributed by atoms with Crippen LogP contribution in [-0.4, -0.2) is 44.3 Å². The molecule has 0 fully saturated rings. The topological polar surface area (TPSA) is 37.3 Å². The van der Waals surface area contributed by atoms with E-state index in [0.29, 0.717) is 0 Å². The molecule has 2 radical (unpaired) electrons. The van der Waals surface area contributed by atoms with Crippen LogP contribution in [0, 0.1) is 0 Å². The third-order valence-corrected chi connectivity index (χ3v) is 0. The van der Waals surface area contributed by atoms with Crippen molar-refractivity contribution in [3.63, 3.8) is 0 Å². The summed E-state index contributed by atoms with van der Waals surface area (Å²) in [5.74, 6) is 0. The van der Waals surface area contributed by atoms with Crippen molar-refractivity contribution in [1.82, 2.24) is 0 Å². The van der Waals surface area contributed by atoms with Gasteiger partial charge < -0.3 is 0 Å². The Kier molecular flexibility index (Phi) is 8.35. The van der Waals surface area contributed by atoms with Gasteiger partial charge in [0.05, 0.1) is 0 Å². The molecule has 1 N–H and O–H groups in total. The zero-order chi connectivity index (χ0) is 3.58. The van der Waals surface area contributed by atoms with Gasteiger partial charge >= 0.3 is 49.1 Å². The van der Waals surface area contributed by atoms with Gasteiger partial charge in [-0.3, -0.25) is 0 Å². The van der Waals surface area contributed by atoms with Gasteiger partial charge in [-0.1, -0.05) is 0 Å². The summed E-state index contributed by atoms with van der Waals surface area (Å²) in [4.78, 5) is 9.00. The van der Waals surface area contributed by atoms with E-state index in [1.54, 1.807) is 0 Å². The predicted octanol–water partition coefficient (Wildman–Crippen LogP) is -1.62. The first kappa shape index (κ1) is 9.13. The van der Waals surface area contributed by atoms with Gasteiger partial charge in [0.2, 0.25) is 0 Å². The SMILES string of the molecule is O=C(O)[AsH].[GeH3]. The van der Waals surface area contributed by atoms with Crippen LogP contribution in [0.4, 0.5) is 4.79 Å². The molecule has 2 nitrogen and oxygen atoms in total. The molecule has 30 valence electrons. The van der Waals surface area contributed by atoms with E-state index in [2.05, 4.69) is 0 Å². The molecule has 0 heterocycles. The van der Waals surface area contributed by atoms with E-state index >= 15 is 0 Å². The Morgan fingerprint density at radius 1 is 1.80 bits per heavy atom. The van der Waals surface area contributed by atoms with Crippen LogP contribution in [0.1, 0.15) is 0 Å². The third kappa shape index (κ3) is 92.6. The Morgan fingerprint density at radius 2 is 1.80 bits per heavy atom. The summed E-state index contributed by atoms with van der Waals surface area (Å²) in [5.41, 5.74) is 0. The van der Waals surface area contributed by atoms with Crippen LogP contribution in [0.5, 0.6) is 0 Å². The quantitative estimate of drug-likeness (QED) is 0.473. The molecule has 0 saturated carbocycles. The number of rotatable bonds is 0. The second-order valence-corrected chi connectivity index (χ2v) is 1.20. The van der Waals surface area contributed by atoms with E-state index in [0.717, 1.165) is 16.9 Å². The van der Waals surface area contributed by atoms with Gasteiger partial charge in [-0.2, -0.15) is 0 Å². The van der Waals surface area contributed by atoms with Crippen molar-refractivity contribution < 1.29 is 9.90 Å². The van der Waals surface area contributed by atoms with Crippen molar-refractivity contribution in [1.29, 1.82) is 0 Å². The molecule has 0 aliphatic heterocycles. The first-order valence-electron chi connectivity index (χ1n) is 0.678. The van der Waals surface area contributed by atoms with Crippen LogP contribution >= 0.6 is 0 Å². The molecule has 0 amide bonds. The summed E-state index contributed by atoms with van der Waals surface area (Å²) in [6, 6.07) is 0. The van der Waals surface area contributed by atoms with Gasteiger partial charge in [-0.25, -0.2) is 0 Å². The van der Waals surface area contributed by atoms with Crippen molar-refractivity contribution in [3.8, 4) is 0 Å². The van der Waals surface area contributed by atoms with Crippen LogP contribution in [0.15, 0.2) is 0 Å². The van der Waals surface area contributed by atoms with Crippen LogP contribution in [0.2, 0.25) is 0 Å². The first-order chi connectivity index (χ1) is 1.73. The molecule has 4 heteroatoms. The zero-order valence-corrected chi connectivity index (χ0v) is 9.15. The van der Waals surface area contributed by atoms with Gasteiger partial charge in [-0.15, -0.1) is 0 Å². The molecule has 5 heavy (non-hydrogen) atoms. The number of carboxylic acid groups (broad SMARTS) is 1.